The largest absolute Gasteiger partial charge is 0.332 e. The molecule has 1 aromatic heterocycles. The Morgan fingerprint density at radius 1 is 0.853 bits per heavy atom. The van der Waals surface area contributed by atoms with Crippen LogP contribution in [0, 0.1) is 0 Å². The lowest BCUT2D eigenvalue weighted by Crippen LogP contribution is -2.46. The molecule has 0 N–H and O–H groups in total. The van der Waals surface area contributed by atoms with Crippen molar-refractivity contribution in [3.05, 3.63) is 106 Å². The van der Waals surface area contributed by atoms with Gasteiger partial charge in [-0.1, -0.05) is 73.7 Å². The van der Waals surface area contributed by atoms with Crippen LogP contribution in [-0.2, 0) is 17.9 Å². The summed E-state index contributed by atoms with van der Waals surface area (Å²) in [6, 6.07) is 27.7. The number of rotatable bonds is 9. The summed E-state index contributed by atoms with van der Waals surface area (Å²) in [6.07, 6.45) is 0.774. The zero-order valence-corrected chi connectivity index (χ0v) is 20.5. The van der Waals surface area contributed by atoms with Crippen molar-refractivity contribution in [1.29, 1.82) is 0 Å². The van der Waals surface area contributed by atoms with Gasteiger partial charge in [-0.25, -0.2) is 0 Å². The number of carbonyl (C=O) groups is 2. The van der Waals surface area contributed by atoms with Crippen LogP contribution in [0.4, 0.5) is 0 Å². The Labute approximate surface area is 205 Å². The second kappa shape index (κ2) is 11.1. The van der Waals surface area contributed by atoms with Crippen molar-refractivity contribution in [1.82, 2.24) is 9.80 Å². The minimum absolute atomic E-state index is 0.0494. The molecular formula is C29H30N2O2S. The monoisotopic (exact) mass is 470 g/mol. The molecule has 0 bridgehead atoms. The fourth-order valence-electron chi connectivity index (χ4n) is 4.01. The highest BCUT2D eigenvalue weighted by atomic mass is 32.1. The van der Waals surface area contributed by atoms with Crippen molar-refractivity contribution in [2.45, 2.75) is 39.4 Å². The van der Waals surface area contributed by atoms with E-state index in [0.29, 0.717) is 18.7 Å². The van der Waals surface area contributed by atoms with Crippen molar-refractivity contribution in [3.8, 4) is 0 Å². The van der Waals surface area contributed by atoms with Crippen molar-refractivity contribution in [3.63, 3.8) is 0 Å². The molecular weight excluding hydrogens is 440 g/mol. The minimum atomic E-state index is -0.107. The van der Waals surface area contributed by atoms with Crippen molar-refractivity contribution < 1.29 is 9.59 Å². The summed E-state index contributed by atoms with van der Waals surface area (Å²) in [5.41, 5.74) is 1.68. The van der Waals surface area contributed by atoms with Crippen LogP contribution in [0.1, 0.15) is 41.1 Å². The number of hydrogen-bond donors (Lipinski definition) is 0. The van der Waals surface area contributed by atoms with Crippen LogP contribution in [0.5, 0.6) is 0 Å². The average Bonchev–Trinajstić information content (AvgIpc) is 3.39. The van der Waals surface area contributed by atoms with E-state index in [1.165, 1.54) is 0 Å². The Balaban J connectivity index is 1.58. The Kier molecular flexibility index (Phi) is 7.76. The standard InChI is InChI=1S/C29H30N2O2S/c1-3-22(2)31(29(33)26-16-15-24-12-7-8-13-25(24)18-26)21-28(32)30(20-27-14-9-17-34-27)19-23-10-5-4-6-11-23/h4-18,22H,3,19-21H2,1-2H3. The van der Waals surface area contributed by atoms with E-state index in [1.54, 1.807) is 16.2 Å². The smallest absolute Gasteiger partial charge is 0.254 e. The van der Waals surface area contributed by atoms with Crippen molar-refractivity contribution in [2.75, 3.05) is 6.54 Å². The number of nitrogens with zero attached hydrogens (tertiary/aromatic N) is 2. The zero-order valence-electron chi connectivity index (χ0n) is 19.7. The number of amides is 2. The van der Waals surface area contributed by atoms with E-state index in [-0.39, 0.29) is 24.4 Å². The molecule has 0 saturated heterocycles. The first-order valence-corrected chi connectivity index (χ1v) is 12.6. The van der Waals surface area contributed by atoms with Crippen LogP contribution in [0.25, 0.3) is 10.8 Å². The maximum absolute atomic E-state index is 13.6. The molecule has 2 amide bonds. The highest BCUT2D eigenvalue weighted by molar-refractivity contribution is 7.09. The molecule has 0 saturated carbocycles. The second-order valence-corrected chi connectivity index (χ2v) is 9.60. The second-order valence-electron chi connectivity index (χ2n) is 8.57. The number of benzene rings is 3. The van der Waals surface area contributed by atoms with Crippen LogP contribution in [0.15, 0.2) is 90.3 Å². The van der Waals surface area contributed by atoms with Crippen LogP contribution in [0.3, 0.4) is 0 Å². The molecule has 4 nitrogen and oxygen atoms in total. The molecule has 174 valence electrons. The first-order valence-electron chi connectivity index (χ1n) is 11.7. The van der Waals surface area contributed by atoms with Gasteiger partial charge in [-0.3, -0.25) is 9.59 Å². The van der Waals surface area contributed by atoms with Gasteiger partial charge in [0.15, 0.2) is 0 Å². The average molecular weight is 471 g/mol. The first kappa shape index (κ1) is 23.7. The van der Waals surface area contributed by atoms with Crippen LogP contribution in [0.2, 0.25) is 0 Å². The first-order chi connectivity index (χ1) is 16.5. The molecule has 4 aromatic rings. The maximum Gasteiger partial charge on any atom is 0.254 e. The highest BCUT2D eigenvalue weighted by Crippen LogP contribution is 2.20. The molecule has 1 unspecified atom stereocenters. The van der Waals surface area contributed by atoms with Crippen molar-refractivity contribution >= 4 is 33.9 Å². The van der Waals surface area contributed by atoms with Gasteiger partial charge in [0.2, 0.25) is 5.91 Å². The minimum Gasteiger partial charge on any atom is -0.332 e. The van der Waals surface area contributed by atoms with Gasteiger partial charge in [0, 0.05) is 23.0 Å². The maximum atomic E-state index is 13.6. The third kappa shape index (κ3) is 5.72. The van der Waals surface area contributed by atoms with Gasteiger partial charge >= 0.3 is 0 Å². The fraction of sp³-hybridized carbons (Fsp3) is 0.241. The SMILES string of the molecule is CCC(C)N(CC(=O)N(Cc1ccccc1)Cc1cccs1)C(=O)c1ccc2ccccc2c1. The topological polar surface area (TPSA) is 40.6 Å². The molecule has 0 aliphatic rings. The van der Waals surface area contributed by atoms with Gasteiger partial charge in [0.1, 0.15) is 6.54 Å². The lowest BCUT2D eigenvalue weighted by atomic mass is 10.1. The quantitative estimate of drug-likeness (QED) is 0.285. The predicted octanol–water partition coefficient (Wildman–Crippen LogP) is 6.37. The summed E-state index contributed by atoms with van der Waals surface area (Å²) in [7, 11) is 0. The number of carbonyl (C=O) groups excluding carboxylic acids is 2. The molecule has 1 atom stereocenters. The zero-order chi connectivity index (χ0) is 23.9. The number of hydrogen-bond acceptors (Lipinski definition) is 3. The summed E-state index contributed by atoms with van der Waals surface area (Å²) >= 11 is 1.64. The van der Waals surface area contributed by atoms with Gasteiger partial charge in [-0.05, 0) is 53.3 Å². The molecule has 0 fully saturated rings. The Bertz CT molecular complexity index is 1240. The van der Waals surface area contributed by atoms with E-state index in [4.69, 9.17) is 0 Å². The van der Waals surface area contributed by atoms with Gasteiger partial charge < -0.3 is 9.80 Å². The van der Waals surface area contributed by atoms with E-state index in [9.17, 15) is 9.59 Å². The van der Waals surface area contributed by atoms with E-state index < -0.39 is 0 Å². The number of fused-ring (bicyclic) bond motifs is 1. The van der Waals surface area contributed by atoms with E-state index in [0.717, 1.165) is 27.6 Å². The lowest BCUT2D eigenvalue weighted by molar-refractivity contribution is -0.133. The van der Waals surface area contributed by atoms with E-state index >= 15 is 0 Å². The van der Waals surface area contributed by atoms with Gasteiger partial charge in [-0.2, -0.15) is 0 Å². The van der Waals surface area contributed by atoms with Gasteiger partial charge in [0.05, 0.1) is 6.54 Å². The van der Waals surface area contributed by atoms with Gasteiger partial charge in [-0.15, -0.1) is 11.3 Å². The Hall–Kier alpha value is -3.44. The molecule has 34 heavy (non-hydrogen) atoms. The molecule has 1 heterocycles. The normalized spacial score (nSPS) is 11.8. The Morgan fingerprint density at radius 2 is 1.59 bits per heavy atom. The predicted molar refractivity (Wildman–Crippen MR) is 140 cm³/mol. The summed E-state index contributed by atoms with van der Waals surface area (Å²) in [5.74, 6) is -0.157. The van der Waals surface area contributed by atoms with E-state index in [2.05, 4.69) is 0 Å². The highest BCUT2D eigenvalue weighted by Gasteiger charge is 2.26. The van der Waals surface area contributed by atoms with E-state index in [1.807, 2.05) is 109 Å². The third-order valence-electron chi connectivity index (χ3n) is 6.18. The van der Waals surface area contributed by atoms with Crippen molar-refractivity contribution in [2.24, 2.45) is 0 Å². The molecule has 3 aromatic carbocycles. The summed E-state index contributed by atoms with van der Waals surface area (Å²) in [5, 5.41) is 4.14. The molecule has 5 heteroatoms. The molecule has 4 rings (SSSR count). The summed E-state index contributed by atoms with van der Waals surface area (Å²) < 4.78 is 0. The number of thiophene rings is 1. The lowest BCUT2D eigenvalue weighted by Gasteiger charge is -2.31. The fourth-order valence-corrected chi connectivity index (χ4v) is 4.73. The molecule has 0 radical (unpaired) electrons. The molecule has 0 spiro atoms. The van der Waals surface area contributed by atoms with Gasteiger partial charge in [0.25, 0.3) is 5.91 Å². The van der Waals surface area contributed by atoms with Crippen LogP contribution < -0.4 is 0 Å². The van der Waals surface area contributed by atoms with Crippen LogP contribution in [-0.4, -0.2) is 34.2 Å². The van der Waals surface area contributed by atoms with Crippen LogP contribution >= 0.6 is 11.3 Å². The molecule has 0 aliphatic carbocycles. The Morgan fingerprint density at radius 3 is 2.29 bits per heavy atom. The molecule has 0 aliphatic heterocycles. The third-order valence-corrected chi connectivity index (χ3v) is 7.04. The summed E-state index contributed by atoms with van der Waals surface area (Å²) in [4.78, 5) is 31.9. The summed E-state index contributed by atoms with van der Waals surface area (Å²) in [6.45, 7) is 5.15.